The molecular weight excluding hydrogens is 258 g/mol. The maximum absolute atomic E-state index is 11.8. The molecule has 99 valence electrons. The Bertz CT molecular complexity index is 657. The number of benzene rings is 1. The van der Waals surface area contributed by atoms with Crippen molar-refractivity contribution < 1.29 is 9.53 Å². The maximum Gasteiger partial charge on any atom is 0.263 e. The molecule has 0 unspecified atom stereocenters. The Balaban J connectivity index is 1.62. The van der Waals surface area contributed by atoms with E-state index in [1.807, 2.05) is 18.2 Å². The van der Waals surface area contributed by atoms with Crippen molar-refractivity contribution in [1.82, 2.24) is 15.3 Å². The van der Waals surface area contributed by atoms with Crippen LogP contribution >= 0.6 is 0 Å². The van der Waals surface area contributed by atoms with Crippen molar-refractivity contribution in [3.63, 3.8) is 0 Å². The number of para-hydroxylation sites is 1. The minimum Gasteiger partial charge on any atom is -0.484 e. The number of carbonyl (C=O) groups excluding carboxylic acids is 1. The molecule has 2 aromatic rings. The standard InChI is InChI=1S/C13H10N5O2/c19-10(6-20-9-4-2-1-3-5-9)18-13-11-12(15-7-14-11)16-8-17-13/h1-5,7-8H,6H2,(H,16,17,18,19). The number of aliphatic imine (C=N–C) groups is 1. The first-order valence-electron chi connectivity index (χ1n) is 5.89. The summed E-state index contributed by atoms with van der Waals surface area (Å²) in [6, 6.07) is 9.10. The van der Waals surface area contributed by atoms with Crippen LogP contribution in [0.5, 0.6) is 5.75 Å². The number of nitrogens with one attached hydrogen (secondary N) is 1. The Morgan fingerprint density at radius 3 is 2.90 bits per heavy atom. The van der Waals surface area contributed by atoms with E-state index in [4.69, 9.17) is 4.74 Å². The van der Waals surface area contributed by atoms with Crippen LogP contribution in [0.1, 0.15) is 0 Å². The predicted molar refractivity (Wildman–Crippen MR) is 72.5 cm³/mol. The van der Waals surface area contributed by atoms with Gasteiger partial charge in [0, 0.05) is 0 Å². The van der Waals surface area contributed by atoms with Crippen molar-refractivity contribution in [2.24, 2.45) is 4.99 Å². The van der Waals surface area contributed by atoms with Crippen LogP contribution in [0.25, 0.3) is 0 Å². The van der Waals surface area contributed by atoms with Gasteiger partial charge in [-0.15, -0.1) is 0 Å². The number of rotatable bonds is 4. The number of nitrogens with zero attached hydrogens (tertiary/aromatic N) is 4. The first-order valence-corrected chi connectivity index (χ1v) is 5.89. The number of hydrogen-bond acceptors (Lipinski definition) is 5. The summed E-state index contributed by atoms with van der Waals surface area (Å²) >= 11 is 0. The van der Waals surface area contributed by atoms with Crippen molar-refractivity contribution in [2.75, 3.05) is 11.9 Å². The summed E-state index contributed by atoms with van der Waals surface area (Å²) in [6.07, 6.45) is 2.69. The lowest BCUT2D eigenvalue weighted by Gasteiger charge is -2.08. The van der Waals surface area contributed by atoms with Gasteiger partial charge in [-0.05, 0) is 12.1 Å². The molecule has 3 rings (SSSR count). The van der Waals surface area contributed by atoms with Gasteiger partial charge in [0.25, 0.3) is 5.91 Å². The third kappa shape index (κ3) is 2.56. The molecule has 0 aliphatic carbocycles. The Morgan fingerprint density at radius 2 is 2.05 bits per heavy atom. The molecule has 0 fully saturated rings. The fourth-order valence-electron chi connectivity index (χ4n) is 1.65. The topological polar surface area (TPSA) is 90.6 Å². The lowest BCUT2D eigenvalue weighted by Crippen LogP contribution is -2.20. The first kappa shape index (κ1) is 12.1. The molecule has 1 aromatic carbocycles. The van der Waals surface area contributed by atoms with Crippen molar-refractivity contribution in [2.45, 2.75) is 0 Å². The molecule has 2 heterocycles. The number of ether oxygens (including phenoxy) is 1. The molecule has 7 heteroatoms. The molecule has 7 nitrogen and oxygen atoms in total. The van der Waals surface area contributed by atoms with E-state index in [-0.39, 0.29) is 12.5 Å². The van der Waals surface area contributed by atoms with Gasteiger partial charge in [-0.3, -0.25) is 4.79 Å². The molecule has 0 bridgehead atoms. The first-order chi connectivity index (χ1) is 9.83. The van der Waals surface area contributed by atoms with E-state index in [1.54, 1.807) is 12.1 Å². The minimum absolute atomic E-state index is 0.107. The van der Waals surface area contributed by atoms with E-state index in [2.05, 4.69) is 25.6 Å². The second-order valence-electron chi connectivity index (χ2n) is 3.92. The van der Waals surface area contributed by atoms with E-state index in [0.717, 1.165) is 0 Å². The number of anilines is 1. The largest absolute Gasteiger partial charge is 0.484 e. The molecular formula is C13H10N5O2. The molecule has 0 saturated heterocycles. The van der Waals surface area contributed by atoms with Crippen LogP contribution in [0.3, 0.4) is 0 Å². The summed E-state index contributed by atoms with van der Waals surface area (Å²) < 4.78 is 5.34. The number of fused-ring (bicyclic) bond motifs is 1. The van der Waals surface area contributed by atoms with E-state index in [9.17, 15) is 4.79 Å². The summed E-state index contributed by atoms with van der Waals surface area (Å²) in [5, 5.41) is 6.56. The van der Waals surface area contributed by atoms with E-state index in [1.165, 1.54) is 12.7 Å². The molecule has 0 spiro atoms. The highest BCUT2D eigenvalue weighted by Gasteiger charge is 2.17. The smallest absolute Gasteiger partial charge is 0.263 e. The highest BCUT2D eigenvalue weighted by atomic mass is 16.5. The average Bonchev–Trinajstić information content (AvgIpc) is 2.96. The molecule has 0 atom stereocenters. The number of amides is 1. The number of carbonyl (C=O) groups is 1. The van der Waals surface area contributed by atoms with Crippen LogP contribution in [-0.4, -0.2) is 28.8 Å². The lowest BCUT2D eigenvalue weighted by atomic mass is 10.3. The molecule has 1 aliphatic heterocycles. The Kier molecular flexibility index (Phi) is 3.24. The zero-order valence-electron chi connectivity index (χ0n) is 10.4. The van der Waals surface area contributed by atoms with E-state index in [0.29, 0.717) is 23.1 Å². The molecule has 20 heavy (non-hydrogen) atoms. The molecule has 0 saturated carbocycles. The maximum atomic E-state index is 11.8. The van der Waals surface area contributed by atoms with Crippen molar-refractivity contribution >= 4 is 29.6 Å². The number of hydrogen-bond donors (Lipinski definition) is 1. The van der Waals surface area contributed by atoms with Crippen molar-refractivity contribution in [1.29, 1.82) is 0 Å². The molecule has 1 N–H and O–H groups in total. The van der Waals surface area contributed by atoms with Crippen LogP contribution in [-0.2, 0) is 4.79 Å². The Labute approximate surface area is 114 Å². The lowest BCUT2D eigenvalue weighted by molar-refractivity contribution is -0.118. The van der Waals surface area contributed by atoms with Crippen molar-refractivity contribution in [3.05, 3.63) is 36.7 Å². The second kappa shape index (κ2) is 5.35. The summed E-state index contributed by atoms with van der Waals surface area (Å²) in [5.41, 5.74) is 0.459. The Hall–Kier alpha value is -2.96. The van der Waals surface area contributed by atoms with E-state index >= 15 is 0 Å². The molecule has 1 aromatic heterocycles. The highest BCUT2D eigenvalue weighted by Crippen LogP contribution is 2.32. The van der Waals surface area contributed by atoms with Crippen LogP contribution in [0, 0.1) is 0 Å². The molecule has 1 radical (unpaired) electrons. The molecule has 1 amide bonds. The quantitative estimate of drug-likeness (QED) is 0.907. The van der Waals surface area contributed by atoms with Gasteiger partial charge in [-0.25, -0.2) is 20.3 Å². The summed E-state index contributed by atoms with van der Waals surface area (Å²) in [6.45, 7) is -0.107. The minimum atomic E-state index is -0.322. The van der Waals surface area contributed by atoms with Crippen LogP contribution in [0.15, 0.2) is 41.7 Å². The van der Waals surface area contributed by atoms with Gasteiger partial charge < -0.3 is 10.1 Å². The SMILES string of the molecule is O=C(COc1ccccc1)Nc1ncnc2c1N=C[N]2. The summed E-state index contributed by atoms with van der Waals surface area (Å²) in [5.74, 6) is 1.08. The van der Waals surface area contributed by atoms with Gasteiger partial charge in [0.15, 0.2) is 23.9 Å². The van der Waals surface area contributed by atoms with Gasteiger partial charge in [0.1, 0.15) is 18.4 Å². The van der Waals surface area contributed by atoms with Gasteiger partial charge in [-0.2, -0.15) is 0 Å². The van der Waals surface area contributed by atoms with Gasteiger partial charge >= 0.3 is 0 Å². The fraction of sp³-hybridized carbons (Fsp3) is 0.0769. The normalized spacial score (nSPS) is 11.6. The number of aromatic nitrogens is 2. The van der Waals surface area contributed by atoms with Crippen LogP contribution in [0.4, 0.5) is 17.3 Å². The third-order valence-corrected chi connectivity index (χ3v) is 2.54. The summed E-state index contributed by atoms with van der Waals surface area (Å²) in [7, 11) is 0. The zero-order valence-corrected chi connectivity index (χ0v) is 10.4. The van der Waals surface area contributed by atoms with Crippen LogP contribution in [0.2, 0.25) is 0 Å². The van der Waals surface area contributed by atoms with Gasteiger partial charge in [0.05, 0.1) is 0 Å². The fourth-order valence-corrected chi connectivity index (χ4v) is 1.65. The molecule has 1 aliphatic rings. The summed E-state index contributed by atoms with van der Waals surface area (Å²) in [4.78, 5) is 23.7. The van der Waals surface area contributed by atoms with E-state index < -0.39 is 0 Å². The Morgan fingerprint density at radius 1 is 1.20 bits per heavy atom. The predicted octanol–water partition coefficient (Wildman–Crippen LogP) is 1.40. The van der Waals surface area contributed by atoms with Gasteiger partial charge in [-0.1, -0.05) is 18.2 Å². The second-order valence-corrected chi connectivity index (χ2v) is 3.92. The third-order valence-electron chi connectivity index (χ3n) is 2.54. The monoisotopic (exact) mass is 268 g/mol. The van der Waals surface area contributed by atoms with Crippen molar-refractivity contribution in [3.8, 4) is 5.75 Å². The zero-order chi connectivity index (χ0) is 13.8. The van der Waals surface area contributed by atoms with Crippen LogP contribution < -0.4 is 15.4 Å². The van der Waals surface area contributed by atoms with Gasteiger partial charge in [0.2, 0.25) is 0 Å². The average molecular weight is 268 g/mol. The highest BCUT2D eigenvalue weighted by molar-refractivity contribution is 5.96.